The third-order valence-electron chi connectivity index (χ3n) is 4.68. The first-order valence-electron chi connectivity index (χ1n) is 8.16. The summed E-state index contributed by atoms with van der Waals surface area (Å²) in [5.74, 6) is 0.926. The van der Waals surface area contributed by atoms with Gasteiger partial charge in [-0.1, -0.05) is 29.7 Å². The van der Waals surface area contributed by atoms with Crippen LogP contribution in [0.1, 0.15) is 26.0 Å². The van der Waals surface area contributed by atoms with Gasteiger partial charge in [0.1, 0.15) is 13.7 Å². The lowest BCUT2D eigenvalue weighted by molar-refractivity contribution is -0.132. The molecule has 1 aromatic carbocycles. The standard InChI is InChI=1S/C18H23BN4O/c1-5-16-20-18(2,11-17(24)22(16)3)15-10-14(21-23(15)4)12-7-6-8-13(19)9-12/h5-10,20H,11,19H2,1-4H3/t18-/m0/s1. The quantitative estimate of drug-likeness (QED) is 0.835. The zero-order valence-electron chi connectivity index (χ0n) is 14.9. The molecule has 0 unspecified atom stereocenters. The van der Waals surface area contributed by atoms with Crippen molar-refractivity contribution >= 4 is 19.2 Å². The van der Waals surface area contributed by atoms with E-state index in [2.05, 4.69) is 49.5 Å². The maximum Gasteiger partial charge on any atom is 0.230 e. The molecule has 3 rings (SSSR count). The van der Waals surface area contributed by atoms with Crippen LogP contribution in [0.2, 0.25) is 0 Å². The fourth-order valence-corrected chi connectivity index (χ4v) is 3.32. The van der Waals surface area contributed by atoms with Crippen molar-refractivity contribution in [1.82, 2.24) is 20.0 Å². The van der Waals surface area contributed by atoms with Crippen molar-refractivity contribution in [2.45, 2.75) is 25.8 Å². The minimum Gasteiger partial charge on any atom is -0.360 e. The van der Waals surface area contributed by atoms with Gasteiger partial charge < -0.3 is 10.2 Å². The van der Waals surface area contributed by atoms with Crippen LogP contribution in [0.4, 0.5) is 0 Å². The molecule has 1 N–H and O–H groups in total. The number of carbonyl (C=O) groups is 1. The van der Waals surface area contributed by atoms with Gasteiger partial charge in [-0.3, -0.25) is 9.48 Å². The van der Waals surface area contributed by atoms with Crippen LogP contribution in [0.3, 0.4) is 0 Å². The Morgan fingerprint density at radius 2 is 2.08 bits per heavy atom. The van der Waals surface area contributed by atoms with Crippen LogP contribution < -0.4 is 10.8 Å². The van der Waals surface area contributed by atoms with Gasteiger partial charge in [0.2, 0.25) is 5.91 Å². The lowest BCUT2D eigenvalue weighted by Gasteiger charge is -2.40. The summed E-state index contributed by atoms with van der Waals surface area (Å²) >= 11 is 0. The Labute approximate surface area is 143 Å². The summed E-state index contributed by atoms with van der Waals surface area (Å²) in [6.07, 6.45) is 2.32. The molecule has 0 radical (unpaired) electrons. The third kappa shape index (κ3) is 2.73. The zero-order chi connectivity index (χ0) is 17.5. The van der Waals surface area contributed by atoms with Crippen molar-refractivity contribution in [3.05, 3.63) is 47.9 Å². The van der Waals surface area contributed by atoms with E-state index < -0.39 is 5.54 Å². The van der Waals surface area contributed by atoms with Crippen molar-refractivity contribution < 1.29 is 4.79 Å². The van der Waals surface area contributed by atoms with E-state index in [0.29, 0.717) is 6.42 Å². The number of nitrogens with one attached hydrogen (secondary N) is 1. The molecule has 1 amide bonds. The Morgan fingerprint density at radius 3 is 2.75 bits per heavy atom. The van der Waals surface area contributed by atoms with Crippen LogP contribution >= 0.6 is 0 Å². The molecule has 24 heavy (non-hydrogen) atoms. The van der Waals surface area contributed by atoms with Crippen LogP contribution in [0.15, 0.2) is 42.2 Å². The molecule has 1 aliphatic rings. The second-order valence-corrected chi connectivity index (χ2v) is 6.67. The molecule has 2 aromatic rings. The highest BCUT2D eigenvalue weighted by atomic mass is 16.2. The predicted molar refractivity (Wildman–Crippen MR) is 98.5 cm³/mol. The molecule has 124 valence electrons. The molecule has 2 heterocycles. The molecule has 0 spiro atoms. The molecule has 1 fully saturated rings. The molecule has 6 heteroatoms. The van der Waals surface area contributed by atoms with E-state index in [9.17, 15) is 4.79 Å². The molecule has 1 aliphatic heterocycles. The highest BCUT2D eigenvalue weighted by Gasteiger charge is 2.39. The van der Waals surface area contributed by atoms with Gasteiger partial charge in [-0.15, -0.1) is 0 Å². The van der Waals surface area contributed by atoms with Gasteiger partial charge in [-0.25, -0.2) is 0 Å². The van der Waals surface area contributed by atoms with Crippen molar-refractivity contribution in [3.8, 4) is 11.3 Å². The number of amides is 1. The minimum atomic E-state index is -0.477. The first-order valence-corrected chi connectivity index (χ1v) is 8.16. The summed E-state index contributed by atoms with van der Waals surface area (Å²) < 4.78 is 1.87. The SMILES string of the molecule is Bc1cccc(-c2cc([C@]3(C)CC(=O)N(C)C(=CC)N3)n(C)n2)c1. The smallest absolute Gasteiger partial charge is 0.230 e. The van der Waals surface area contributed by atoms with Crippen molar-refractivity contribution in [3.63, 3.8) is 0 Å². The normalized spacial score (nSPS) is 22.8. The van der Waals surface area contributed by atoms with Gasteiger partial charge in [0.25, 0.3) is 0 Å². The summed E-state index contributed by atoms with van der Waals surface area (Å²) in [7, 11) is 5.80. The van der Waals surface area contributed by atoms with Crippen LogP contribution in [-0.4, -0.2) is 35.5 Å². The molecular formula is C18H23BN4O. The maximum atomic E-state index is 12.4. The van der Waals surface area contributed by atoms with Crippen LogP contribution in [0, 0.1) is 0 Å². The second-order valence-electron chi connectivity index (χ2n) is 6.67. The minimum absolute atomic E-state index is 0.0997. The summed E-state index contributed by atoms with van der Waals surface area (Å²) in [6.45, 7) is 3.98. The van der Waals surface area contributed by atoms with Crippen molar-refractivity contribution in [1.29, 1.82) is 0 Å². The molecule has 0 saturated carbocycles. The Morgan fingerprint density at radius 1 is 1.33 bits per heavy atom. The zero-order valence-corrected chi connectivity index (χ0v) is 14.9. The van der Waals surface area contributed by atoms with E-state index in [1.54, 1.807) is 11.9 Å². The molecule has 5 nitrogen and oxygen atoms in total. The number of aromatic nitrogens is 2. The van der Waals surface area contributed by atoms with E-state index in [-0.39, 0.29) is 5.91 Å². The number of allylic oxidation sites excluding steroid dienone is 1. The number of hydrogen-bond acceptors (Lipinski definition) is 3. The average molecular weight is 322 g/mol. The van der Waals surface area contributed by atoms with Gasteiger partial charge in [-0.05, 0) is 26.0 Å². The summed E-state index contributed by atoms with van der Waals surface area (Å²) in [5.41, 5.74) is 3.74. The third-order valence-corrected chi connectivity index (χ3v) is 4.68. The Hall–Kier alpha value is -2.50. The van der Waals surface area contributed by atoms with Crippen LogP contribution in [0.25, 0.3) is 11.3 Å². The number of nitrogens with zero attached hydrogens (tertiary/aromatic N) is 3. The van der Waals surface area contributed by atoms with Gasteiger partial charge in [0.15, 0.2) is 0 Å². The molecule has 0 bridgehead atoms. The highest BCUT2D eigenvalue weighted by Crippen LogP contribution is 2.33. The Balaban J connectivity index is 2.02. The van der Waals surface area contributed by atoms with Crippen molar-refractivity contribution in [2.24, 2.45) is 7.05 Å². The summed E-state index contributed by atoms with van der Waals surface area (Å²) in [6, 6.07) is 10.4. The van der Waals surface area contributed by atoms with E-state index in [1.165, 1.54) is 5.46 Å². The number of rotatable bonds is 2. The largest absolute Gasteiger partial charge is 0.360 e. The Bertz CT molecular complexity index is 826. The second kappa shape index (κ2) is 5.85. The molecule has 1 aromatic heterocycles. The van der Waals surface area contributed by atoms with Crippen LogP contribution in [-0.2, 0) is 17.4 Å². The first kappa shape index (κ1) is 16.4. The van der Waals surface area contributed by atoms with Gasteiger partial charge in [-0.2, -0.15) is 5.10 Å². The number of hydrogen-bond donors (Lipinski definition) is 1. The number of carbonyl (C=O) groups excluding carboxylic acids is 1. The van der Waals surface area contributed by atoms with E-state index >= 15 is 0 Å². The summed E-state index contributed by atoms with van der Waals surface area (Å²) in [5, 5.41) is 8.17. The fraction of sp³-hybridized carbons (Fsp3) is 0.333. The predicted octanol–water partition coefficient (Wildman–Crippen LogP) is 0.874. The number of aryl methyl sites for hydroxylation is 1. The Kier molecular flexibility index (Phi) is 3.99. The van der Waals surface area contributed by atoms with Gasteiger partial charge >= 0.3 is 0 Å². The summed E-state index contributed by atoms with van der Waals surface area (Å²) in [4.78, 5) is 14.1. The lowest BCUT2D eigenvalue weighted by Crippen LogP contribution is -2.53. The topological polar surface area (TPSA) is 50.2 Å². The fourth-order valence-electron chi connectivity index (χ4n) is 3.32. The first-order chi connectivity index (χ1) is 11.3. The molecule has 0 aliphatic carbocycles. The number of benzene rings is 1. The van der Waals surface area contributed by atoms with Crippen molar-refractivity contribution in [2.75, 3.05) is 7.05 Å². The van der Waals surface area contributed by atoms with Gasteiger partial charge in [0.05, 0.1) is 23.3 Å². The van der Waals surface area contributed by atoms with Crippen LogP contribution in [0.5, 0.6) is 0 Å². The van der Waals surface area contributed by atoms with Gasteiger partial charge in [0, 0.05) is 19.7 Å². The lowest BCUT2D eigenvalue weighted by atomic mass is 9.89. The average Bonchev–Trinajstić information content (AvgIpc) is 2.94. The monoisotopic (exact) mass is 322 g/mol. The van der Waals surface area contributed by atoms with E-state index in [1.807, 2.05) is 30.8 Å². The highest BCUT2D eigenvalue weighted by molar-refractivity contribution is 6.32. The van der Waals surface area contributed by atoms with E-state index in [0.717, 1.165) is 22.8 Å². The van der Waals surface area contributed by atoms with E-state index in [4.69, 9.17) is 0 Å². The molecule has 1 atom stereocenters. The molecule has 1 saturated heterocycles. The molecular weight excluding hydrogens is 299 g/mol. The maximum absolute atomic E-state index is 12.4.